The van der Waals surface area contributed by atoms with Crippen LogP contribution in [-0.2, 0) is 0 Å². The second-order valence-corrected chi connectivity index (χ2v) is 10.8. The molecule has 2 fully saturated rings. The van der Waals surface area contributed by atoms with Gasteiger partial charge in [0.2, 0.25) is 0 Å². The van der Waals surface area contributed by atoms with Crippen molar-refractivity contribution in [2.75, 3.05) is 13.1 Å². The SMILES string of the molecule is c1cc2cc(-c3ccc4nc([C@@H]5CCCN5)[nH]c4c3)ccc2cc1-c1ccc2nc(C3CCCN3)[nH]c2c1. The zero-order valence-electron chi connectivity index (χ0n) is 21.2. The topological polar surface area (TPSA) is 81.4 Å². The third-order valence-corrected chi connectivity index (χ3v) is 8.29. The van der Waals surface area contributed by atoms with E-state index in [9.17, 15) is 0 Å². The van der Waals surface area contributed by atoms with Crippen LogP contribution < -0.4 is 10.6 Å². The van der Waals surface area contributed by atoms with E-state index in [1.165, 1.54) is 45.9 Å². The first kappa shape index (κ1) is 22.0. The predicted octanol–water partition coefficient (Wildman–Crippen LogP) is 6.78. The number of imidazole rings is 2. The number of benzene rings is 4. The van der Waals surface area contributed by atoms with Gasteiger partial charge in [-0.3, -0.25) is 0 Å². The zero-order chi connectivity index (χ0) is 25.1. The van der Waals surface area contributed by atoms with Crippen LogP contribution in [0.2, 0.25) is 0 Å². The van der Waals surface area contributed by atoms with Gasteiger partial charge in [-0.25, -0.2) is 9.97 Å². The summed E-state index contributed by atoms with van der Waals surface area (Å²) < 4.78 is 0. The average molecular weight is 499 g/mol. The Kier molecular flexibility index (Phi) is 5.10. The summed E-state index contributed by atoms with van der Waals surface area (Å²) in [4.78, 5) is 16.8. The zero-order valence-corrected chi connectivity index (χ0v) is 21.2. The molecule has 4 heterocycles. The summed E-state index contributed by atoms with van der Waals surface area (Å²) in [6.45, 7) is 2.14. The molecule has 2 aliphatic rings. The van der Waals surface area contributed by atoms with E-state index in [0.717, 1.165) is 59.6 Å². The highest BCUT2D eigenvalue weighted by atomic mass is 15.0. The molecule has 0 aliphatic carbocycles. The van der Waals surface area contributed by atoms with Gasteiger partial charge in [-0.05, 0) is 108 Å². The minimum atomic E-state index is 0.348. The van der Waals surface area contributed by atoms with Gasteiger partial charge in [0.25, 0.3) is 0 Å². The Hall–Kier alpha value is -4.00. The van der Waals surface area contributed by atoms with Crippen LogP contribution in [0.4, 0.5) is 0 Å². The fraction of sp³-hybridized carbons (Fsp3) is 0.250. The van der Waals surface area contributed by atoms with Gasteiger partial charge in [-0.15, -0.1) is 0 Å². The first-order valence-electron chi connectivity index (χ1n) is 13.8. The Balaban J connectivity index is 1.10. The monoisotopic (exact) mass is 498 g/mol. The summed E-state index contributed by atoms with van der Waals surface area (Å²) in [7, 11) is 0. The van der Waals surface area contributed by atoms with Crippen molar-refractivity contribution in [1.29, 1.82) is 0 Å². The molecule has 2 aromatic heterocycles. The van der Waals surface area contributed by atoms with Crippen molar-refractivity contribution < 1.29 is 0 Å². The summed E-state index contributed by atoms with van der Waals surface area (Å²) in [6, 6.07) is 27.3. The largest absolute Gasteiger partial charge is 0.341 e. The van der Waals surface area contributed by atoms with E-state index in [-0.39, 0.29) is 0 Å². The van der Waals surface area contributed by atoms with E-state index in [1.54, 1.807) is 0 Å². The minimum Gasteiger partial charge on any atom is -0.341 e. The molecular formula is C32H30N6. The van der Waals surface area contributed by atoms with Crippen LogP contribution in [0, 0.1) is 0 Å². The molecule has 4 aromatic carbocycles. The second-order valence-electron chi connectivity index (χ2n) is 10.8. The number of aromatic amines is 2. The standard InChI is InChI=1S/C32H30N6/c1-3-27(33-13-1)31-35-25-11-9-23(17-29(25)37-31)21-7-5-20-16-22(8-6-19(20)15-21)24-10-12-26-30(18-24)38-32(36-26)28-4-2-14-34-28/h5-12,15-18,27-28,33-34H,1-4,13-14H2,(H,35,37)(H,36,38)/t27-,28?/m0/s1. The third-order valence-electron chi connectivity index (χ3n) is 8.29. The highest BCUT2D eigenvalue weighted by Gasteiger charge is 2.20. The van der Waals surface area contributed by atoms with Crippen LogP contribution >= 0.6 is 0 Å². The molecule has 0 radical (unpaired) electrons. The number of rotatable bonds is 4. The van der Waals surface area contributed by atoms with Gasteiger partial charge in [-0.2, -0.15) is 0 Å². The lowest BCUT2D eigenvalue weighted by Gasteiger charge is -2.07. The van der Waals surface area contributed by atoms with E-state index in [2.05, 4.69) is 93.4 Å². The predicted molar refractivity (Wildman–Crippen MR) is 154 cm³/mol. The number of nitrogens with one attached hydrogen (secondary N) is 4. The summed E-state index contributed by atoms with van der Waals surface area (Å²) in [5.41, 5.74) is 9.10. The lowest BCUT2D eigenvalue weighted by Crippen LogP contribution is -2.13. The van der Waals surface area contributed by atoms with Gasteiger partial charge in [-0.1, -0.05) is 36.4 Å². The van der Waals surface area contributed by atoms with Crippen LogP contribution in [0.3, 0.4) is 0 Å². The van der Waals surface area contributed by atoms with Gasteiger partial charge < -0.3 is 20.6 Å². The molecule has 4 N–H and O–H groups in total. The van der Waals surface area contributed by atoms with Crippen LogP contribution in [0.5, 0.6) is 0 Å². The molecule has 6 aromatic rings. The van der Waals surface area contributed by atoms with Crippen molar-refractivity contribution in [2.24, 2.45) is 0 Å². The van der Waals surface area contributed by atoms with Crippen molar-refractivity contribution in [3.05, 3.63) is 84.4 Å². The maximum Gasteiger partial charge on any atom is 0.124 e. The van der Waals surface area contributed by atoms with E-state index >= 15 is 0 Å². The summed E-state index contributed by atoms with van der Waals surface area (Å²) in [5.74, 6) is 2.11. The molecule has 38 heavy (non-hydrogen) atoms. The van der Waals surface area contributed by atoms with Crippen molar-refractivity contribution in [3.8, 4) is 22.3 Å². The van der Waals surface area contributed by atoms with Gasteiger partial charge in [0, 0.05) is 0 Å². The normalized spacial score (nSPS) is 19.8. The number of hydrogen-bond acceptors (Lipinski definition) is 4. The Morgan fingerprint density at radius 3 is 1.42 bits per heavy atom. The van der Waals surface area contributed by atoms with Crippen LogP contribution in [0.15, 0.2) is 72.8 Å². The smallest absolute Gasteiger partial charge is 0.124 e. The second kappa shape index (κ2) is 8.79. The average Bonchev–Trinajstić information content (AvgIpc) is 3.77. The summed E-state index contributed by atoms with van der Waals surface area (Å²) in [6.07, 6.45) is 4.72. The molecule has 0 bridgehead atoms. The molecule has 2 aliphatic heterocycles. The summed E-state index contributed by atoms with van der Waals surface area (Å²) >= 11 is 0. The fourth-order valence-corrected chi connectivity index (χ4v) is 6.19. The molecule has 188 valence electrons. The number of H-pyrrole nitrogens is 2. The molecule has 0 spiro atoms. The summed E-state index contributed by atoms with van der Waals surface area (Å²) in [5, 5.41) is 9.55. The molecule has 2 atom stereocenters. The molecule has 6 heteroatoms. The highest BCUT2D eigenvalue weighted by Crippen LogP contribution is 2.32. The lowest BCUT2D eigenvalue weighted by atomic mass is 9.97. The van der Waals surface area contributed by atoms with Crippen LogP contribution in [0.25, 0.3) is 55.1 Å². The Bertz CT molecular complexity index is 1670. The van der Waals surface area contributed by atoms with Crippen molar-refractivity contribution in [1.82, 2.24) is 30.6 Å². The van der Waals surface area contributed by atoms with Gasteiger partial charge in [0.05, 0.1) is 34.2 Å². The molecule has 0 amide bonds. The van der Waals surface area contributed by atoms with Crippen LogP contribution in [0.1, 0.15) is 49.4 Å². The minimum absolute atomic E-state index is 0.348. The molecule has 0 saturated carbocycles. The first-order valence-corrected chi connectivity index (χ1v) is 13.8. The van der Waals surface area contributed by atoms with Gasteiger partial charge in [0.1, 0.15) is 11.6 Å². The molecule has 8 rings (SSSR count). The quantitative estimate of drug-likeness (QED) is 0.216. The number of aromatic nitrogens is 4. The third kappa shape index (κ3) is 3.80. The van der Waals surface area contributed by atoms with E-state index in [1.807, 2.05) is 0 Å². The highest BCUT2D eigenvalue weighted by molar-refractivity contribution is 5.93. The first-order chi connectivity index (χ1) is 18.8. The number of fused-ring (bicyclic) bond motifs is 3. The fourth-order valence-electron chi connectivity index (χ4n) is 6.19. The Morgan fingerprint density at radius 2 is 0.974 bits per heavy atom. The Morgan fingerprint density at radius 1 is 0.526 bits per heavy atom. The van der Waals surface area contributed by atoms with Crippen molar-refractivity contribution in [3.63, 3.8) is 0 Å². The van der Waals surface area contributed by atoms with E-state index < -0.39 is 0 Å². The molecule has 6 nitrogen and oxygen atoms in total. The molecule has 1 unspecified atom stereocenters. The molecular weight excluding hydrogens is 468 g/mol. The van der Waals surface area contributed by atoms with Crippen molar-refractivity contribution in [2.45, 2.75) is 37.8 Å². The maximum atomic E-state index is 4.83. The number of hydrogen-bond donors (Lipinski definition) is 4. The van der Waals surface area contributed by atoms with Crippen molar-refractivity contribution >= 4 is 32.8 Å². The number of nitrogens with zero attached hydrogens (tertiary/aromatic N) is 2. The maximum absolute atomic E-state index is 4.83. The molecule has 2 saturated heterocycles. The van der Waals surface area contributed by atoms with Gasteiger partial charge >= 0.3 is 0 Å². The van der Waals surface area contributed by atoms with Crippen LogP contribution in [-0.4, -0.2) is 33.0 Å². The van der Waals surface area contributed by atoms with Gasteiger partial charge in [0.15, 0.2) is 0 Å². The Labute approximate surface area is 220 Å². The van der Waals surface area contributed by atoms with E-state index in [4.69, 9.17) is 9.97 Å². The van der Waals surface area contributed by atoms with E-state index in [0.29, 0.717) is 12.1 Å². The lowest BCUT2D eigenvalue weighted by molar-refractivity contribution is 0.614.